The lowest BCUT2D eigenvalue weighted by atomic mass is 10.1. The summed E-state index contributed by atoms with van der Waals surface area (Å²) < 4.78 is 10.3. The summed E-state index contributed by atoms with van der Waals surface area (Å²) in [5.74, 6) is 0.381. The van der Waals surface area contributed by atoms with Crippen molar-refractivity contribution < 1.29 is 19.2 Å². The lowest BCUT2D eigenvalue weighted by molar-refractivity contribution is -0.383. The summed E-state index contributed by atoms with van der Waals surface area (Å²) in [6.45, 7) is 0. The van der Waals surface area contributed by atoms with Crippen LogP contribution < -0.4 is 20.5 Å². The van der Waals surface area contributed by atoms with Crippen LogP contribution in [0, 0.1) is 10.1 Å². The van der Waals surface area contributed by atoms with Gasteiger partial charge in [0.1, 0.15) is 17.2 Å². The Balaban J connectivity index is 2.33. The molecule has 0 saturated carbocycles. The van der Waals surface area contributed by atoms with Crippen molar-refractivity contribution in [3.8, 4) is 11.5 Å². The molecule has 8 heteroatoms. The molecule has 2 aromatic rings. The maximum absolute atomic E-state index is 12.3. The predicted octanol–water partition coefficient (Wildman–Crippen LogP) is 2.45. The Hall–Kier alpha value is -3.29. The normalized spacial score (nSPS) is 10.0. The highest BCUT2D eigenvalue weighted by molar-refractivity contribution is 6.09. The van der Waals surface area contributed by atoms with E-state index in [1.54, 1.807) is 18.2 Å². The standard InChI is InChI=1S/C15H15N3O5/c1-22-9-6-7-11(13(8-9)23-2)17-15(19)10-4-3-5-12(14(10)16)18(20)21/h3-8H,16H2,1-2H3,(H,17,19). The molecule has 0 aliphatic rings. The van der Waals surface area contributed by atoms with Gasteiger partial charge in [-0.05, 0) is 18.2 Å². The Bertz CT molecular complexity index is 761. The van der Waals surface area contributed by atoms with Gasteiger partial charge in [-0.15, -0.1) is 0 Å². The van der Waals surface area contributed by atoms with Crippen molar-refractivity contribution in [2.45, 2.75) is 0 Å². The zero-order valence-electron chi connectivity index (χ0n) is 12.5. The Morgan fingerprint density at radius 3 is 2.57 bits per heavy atom. The number of nitrogens with two attached hydrogens (primary N) is 1. The van der Waals surface area contributed by atoms with Crippen molar-refractivity contribution in [2.75, 3.05) is 25.3 Å². The molecule has 8 nitrogen and oxygen atoms in total. The number of nitro benzene ring substituents is 1. The van der Waals surface area contributed by atoms with Gasteiger partial charge in [-0.2, -0.15) is 0 Å². The van der Waals surface area contributed by atoms with E-state index < -0.39 is 10.8 Å². The molecule has 2 aromatic carbocycles. The number of carbonyl (C=O) groups excluding carboxylic acids is 1. The second kappa shape index (κ2) is 6.65. The van der Waals surface area contributed by atoms with Gasteiger partial charge in [0.2, 0.25) is 0 Å². The second-order valence-electron chi connectivity index (χ2n) is 4.52. The molecule has 0 spiro atoms. The molecule has 0 radical (unpaired) electrons. The van der Waals surface area contributed by atoms with E-state index in [1.165, 1.54) is 32.4 Å². The number of nitrogens with one attached hydrogen (secondary N) is 1. The summed E-state index contributed by atoms with van der Waals surface area (Å²) in [6.07, 6.45) is 0. The van der Waals surface area contributed by atoms with E-state index in [0.29, 0.717) is 17.2 Å². The number of benzene rings is 2. The van der Waals surface area contributed by atoms with Gasteiger partial charge >= 0.3 is 0 Å². The van der Waals surface area contributed by atoms with Crippen molar-refractivity contribution in [1.82, 2.24) is 0 Å². The highest BCUT2D eigenvalue weighted by atomic mass is 16.6. The molecule has 2 rings (SSSR count). The summed E-state index contributed by atoms with van der Waals surface area (Å²) in [7, 11) is 2.96. The van der Waals surface area contributed by atoms with Crippen LogP contribution >= 0.6 is 0 Å². The van der Waals surface area contributed by atoms with Gasteiger partial charge in [0.25, 0.3) is 11.6 Å². The highest BCUT2D eigenvalue weighted by Crippen LogP contribution is 2.31. The van der Waals surface area contributed by atoms with Crippen molar-refractivity contribution >= 4 is 23.0 Å². The lowest BCUT2D eigenvalue weighted by Crippen LogP contribution is -2.15. The maximum atomic E-state index is 12.3. The quantitative estimate of drug-likeness (QED) is 0.497. The largest absolute Gasteiger partial charge is 0.497 e. The van der Waals surface area contributed by atoms with Crippen molar-refractivity contribution in [3.05, 3.63) is 52.1 Å². The lowest BCUT2D eigenvalue weighted by Gasteiger charge is -2.12. The Kier molecular flexibility index (Phi) is 4.65. The minimum atomic E-state index is -0.639. The zero-order valence-corrected chi connectivity index (χ0v) is 12.5. The molecule has 1 amide bonds. The average Bonchev–Trinajstić information content (AvgIpc) is 2.54. The van der Waals surface area contributed by atoms with Crippen molar-refractivity contribution in [3.63, 3.8) is 0 Å². The number of nitrogens with zero attached hydrogens (tertiary/aromatic N) is 1. The van der Waals surface area contributed by atoms with Gasteiger partial charge in [-0.3, -0.25) is 14.9 Å². The number of nitro groups is 1. The summed E-state index contributed by atoms with van der Waals surface area (Å²) in [5.41, 5.74) is 5.59. The van der Waals surface area contributed by atoms with Gasteiger partial charge in [-0.25, -0.2) is 0 Å². The number of methoxy groups -OCH3 is 2. The summed E-state index contributed by atoms with van der Waals surface area (Å²) >= 11 is 0. The number of ether oxygens (including phenoxy) is 2. The molecule has 0 saturated heterocycles. The fourth-order valence-electron chi connectivity index (χ4n) is 2.00. The van der Waals surface area contributed by atoms with Gasteiger partial charge < -0.3 is 20.5 Å². The van der Waals surface area contributed by atoms with E-state index in [1.807, 2.05) is 0 Å². The fraction of sp³-hybridized carbons (Fsp3) is 0.133. The van der Waals surface area contributed by atoms with Gasteiger partial charge in [0, 0.05) is 12.1 Å². The maximum Gasteiger partial charge on any atom is 0.292 e. The monoisotopic (exact) mass is 317 g/mol. The molecule has 0 atom stereocenters. The molecule has 0 aromatic heterocycles. The molecule has 0 aliphatic carbocycles. The zero-order chi connectivity index (χ0) is 17.0. The molecule has 23 heavy (non-hydrogen) atoms. The van der Waals surface area contributed by atoms with Crippen LogP contribution in [0.5, 0.6) is 11.5 Å². The average molecular weight is 317 g/mol. The molecule has 3 N–H and O–H groups in total. The van der Waals surface area contributed by atoms with Crippen LogP contribution in [-0.4, -0.2) is 25.1 Å². The van der Waals surface area contributed by atoms with Crippen LogP contribution in [0.2, 0.25) is 0 Å². The molecule has 0 bridgehead atoms. The van der Waals surface area contributed by atoms with E-state index >= 15 is 0 Å². The van der Waals surface area contributed by atoms with Crippen LogP contribution in [0.3, 0.4) is 0 Å². The highest BCUT2D eigenvalue weighted by Gasteiger charge is 2.20. The second-order valence-corrected chi connectivity index (χ2v) is 4.52. The third-order valence-corrected chi connectivity index (χ3v) is 3.18. The van der Waals surface area contributed by atoms with Crippen LogP contribution in [0.25, 0.3) is 0 Å². The summed E-state index contributed by atoms with van der Waals surface area (Å²) in [4.78, 5) is 22.6. The van der Waals surface area contributed by atoms with Crippen LogP contribution in [-0.2, 0) is 0 Å². The number of anilines is 2. The molecule has 120 valence electrons. The summed E-state index contributed by atoms with van der Waals surface area (Å²) in [5, 5.41) is 13.5. The summed E-state index contributed by atoms with van der Waals surface area (Å²) in [6, 6.07) is 8.90. The number of nitrogen functional groups attached to an aromatic ring is 1. The molecular weight excluding hydrogens is 302 g/mol. The third-order valence-electron chi connectivity index (χ3n) is 3.18. The minimum absolute atomic E-state index is 0.0112. The Labute approximate surface area is 132 Å². The predicted molar refractivity (Wildman–Crippen MR) is 85.0 cm³/mol. The molecule has 0 fully saturated rings. The van der Waals surface area contributed by atoms with Crippen LogP contribution in [0.15, 0.2) is 36.4 Å². The van der Waals surface area contributed by atoms with E-state index in [9.17, 15) is 14.9 Å². The third kappa shape index (κ3) is 3.31. The van der Waals surface area contributed by atoms with Gasteiger partial charge in [0.05, 0.1) is 30.4 Å². The first-order valence-electron chi connectivity index (χ1n) is 6.54. The minimum Gasteiger partial charge on any atom is -0.497 e. The topological polar surface area (TPSA) is 117 Å². The Morgan fingerprint density at radius 1 is 1.22 bits per heavy atom. The van der Waals surface area contributed by atoms with Crippen molar-refractivity contribution in [2.24, 2.45) is 0 Å². The number of para-hydroxylation sites is 1. The first-order valence-corrected chi connectivity index (χ1v) is 6.54. The SMILES string of the molecule is COc1ccc(NC(=O)c2cccc([N+](=O)[O-])c2N)c(OC)c1. The van der Waals surface area contributed by atoms with Gasteiger partial charge in [0.15, 0.2) is 0 Å². The van der Waals surface area contributed by atoms with Crippen molar-refractivity contribution in [1.29, 1.82) is 0 Å². The van der Waals surface area contributed by atoms with E-state index in [2.05, 4.69) is 5.32 Å². The van der Waals surface area contributed by atoms with E-state index in [-0.39, 0.29) is 16.9 Å². The van der Waals surface area contributed by atoms with E-state index in [4.69, 9.17) is 15.2 Å². The Morgan fingerprint density at radius 2 is 1.96 bits per heavy atom. The first kappa shape index (κ1) is 16.1. The first-order chi connectivity index (χ1) is 11.0. The molecule has 0 unspecified atom stereocenters. The number of hydrogen-bond acceptors (Lipinski definition) is 6. The number of amides is 1. The number of hydrogen-bond donors (Lipinski definition) is 2. The van der Waals surface area contributed by atoms with Crippen LogP contribution in [0.4, 0.5) is 17.1 Å². The van der Waals surface area contributed by atoms with Crippen LogP contribution in [0.1, 0.15) is 10.4 Å². The smallest absolute Gasteiger partial charge is 0.292 e. The molecular formula is C15H15N3O5. The number of carbonyl (C=O) groups is 1. The molecule has 0 heterocycles. The van der Waals surface area contributed by atoms with Gasteiger partial charge in [-0.1, -0.05) is 6.07 Å². The fourth-order valence-corrected chi connectivity index (χ4v) is 2.00. The molecule has 0 aliphatic heterocycles. The van der Waals surface area contributed by atoms with E-state index in [0.717, 1.165) is 0 Å². The number of rotatable bonds is 5.